The molecule has 0 saturated heterocycles. The molecule has 0 saturated carbocycles. The number of nitrogens with zero attached hydrogens (tertiary/aromatic N) is 2. The molecule has 0 fully saturated rings. The average molecular weight is 285 g/mol. The predicted molar refractivity (Wildman–Crippen MR) is 63.3 cm³/mol. The first kappa shape index (κ1) is 10.6. The van der Waals surface area contributed by atoms with E-state index in [9.17, 15) is 4.79 Å². The molecule has 0 amide bonds. The van der Waals surface area contributed by atoms with Crippen molar-refractivity contribution in [2.45, 2.75) is 6.42 Å². The molecule has 0 aliphatic rings. The molecule has 0 radical (unpaired) electrons. The molecule has 0 atom stereocenters. The normalized spacial score (nSPS) is 10.5. The molecule has 78 valence electrons. The molecule has 2 aromatic heterocycles. The van der Waals surface area contributed by atoms with Crippen molar-refractivity contribution in [2.24, 2.45) is 7.05 Å². The predicted octanol–water partition coefficient (Wildman–Crippen LogP) is 2.67. The van der Waals surface area contributed by atoms with Gasteiger partial charge in [-0.25, -0.2) is 0 Å². The quantitative estimate of drug-likeness (QED) is 0.813. The summed E-state index contributed by atoms with van der Waals surface area (Å²) in [5, 5.41) is 3.97. The highest BCUT2D eigenvalue weighted by atomic mass is 79.9. The highest BCUT2D eigenvalue weighted by molar-refractivity contribution is 9.11. The Labute approximate surface area is 99.9 Å². The Bertz CT molecular complexity index is 489. The van der Waals surface area contributed by atoms with E-state index in [1.807, 2.05) is 12.1 Å². The average Bonchev–Trinajstić information content (AvgIpc) is 2.75. The molecule has 2 heterocycles. The Morgan fingerprint density at radius 2 is 2.33 bits per heavy atom. The molecule has 0 aromatic carbocycles. The maximum absolute atomic E-state index is 11.8. The molecule has 0 N–H and O–H groups in total. The molecule has 0 spiro atoms. The van der Waals surface area contributed by atoms with E-state index in [1.54, 1.807) is 35.3 Å². The van der Waals surface area contributed by atoms with Gasteiger partial charge in [0.05, 0.1) is 3.79 Å². The van der Waals surface area contributed by atoms with Crippen LogP contribution in [0.25, 0.3) is 0 Å². The fraction of sp³-hybridized carbons (Fsp3) is 0.200. The molecule has 0 unspecified atom stereocenters. The summed E-state index contributed by atoms with van der Waals surface area (Å²) in [7, 11) is 1.78. The van der Waals surface area contributed by atoms with Crippen molar-refractivity contribution >= 4 is 33.0 Å². The number of aryl methyl sites for hydroxylation is 1. The van der Waals surface area contributed by atoms with Gasteiger partial charge in [0, 0.05) is 24.5 Å². The second-order valence-corrected chi connectivity index (χ2v) is 5.69. The molecule has 2 rings (SSSR count). The Morgan fingerprint density at radius 1 is 1.53 bits per heavy atom. The van der Waals surface area contributed by atoms with Crippen LogP contribution in [-0.2, 0) is 13.5 Å². The lowest BCUT2D eigenvalue weighted by molar-refractivity contribution is 0.0985. The van der Waals surface area contributed by atoms with Gasteiger partial charge in [-0.15, -0.1) is 11.3 Å². The number of rotatable bonds is 3. The first-order valence-corrected chi connectivity index (χ1v) is 6.03. The molecule has 5 heteroatoms. The third-order valence-corrected chi connectivity index (χ3v) is 3.69. The summed E-state index contributed by atoms with van der Waals surface area (Å²) in [5.74, 6) is 0.101. The molecule has 2 aromatic rings. The van der Waals surface area contributed by atoms with Gasteiger partial charge >= 0.3 is 0 Å². The van der Waals surface area contributed by atoms with E-state index in [2.05, 4.69) is 21.0 Å². The van der Waals surface area contributed by atoms with Crippen molar-refractivity contribution in [1.82, 2.24) is 9.78 Å². The number of Topliss-reactive ketones (excluding diaryl/α,β-unsaturated/α-hetero) is 1. The third kappa shape index (κ3) is 2.35. The monoisotopic (exact) mass is 284 g/mol. The Hall–Kier alpha value is -0.940. The van der Waals surface area contributed by atoms with Crippen LogP contribution in [0.4, 0.5) is 0 Å². The van der Waals surface area contributed by atoms with Crippen molar-refractivity contribution in [3.8, 4) is 0 Å². The zero-order valence-electron chi connectivity index (χ0n) is 8.11. The van der Waals surface area contributed by atoms with Gasteiger partial charge in [-0.3, -0.25) is 9.48 Å². The molecular weight excluding hydrogens is 276 g/mol. The first-order chi connectivity index (χ1) is 7.16. The lowest BCUT2D eigenvalue weighted by Crippen LogP contribution is -2.08. The molecule has 0 bridgehead atoms. The van der Waals surface area contributed by atoms with Gasteiger partial charge in [-0.2, -0.15) is 5.10 Å². The number of thiophene rings is 1. The van der Waals surface area contributed by atoms with Crippen molar-refractivity contribution in [3.05, 3.63) is 38.8 Å². The molecule has 0 aliphatic heterocycles. The molecule has 3 nitrogen and oxygen atoms in total. The number of carbonyl (C=O) groups is 1. The second-order valence-electron chi connectivity index (χ2n) is 3.15. The maximum atomic E-state index is 11.8. The minimum absolute atomic E-state index is 0.101. The van der Waals surface area contributed by atoms with Crippen LogP contribution in [0.5, 0.6) is 0 Å². The lowest BCUT2D eigenvalue weighted by atomic mass is 10.2. The van der Waals surface area contributed by atoms with E-state index in [-0.39, 0.29) is 5.78 Å². The van der Waals surface area contributed by atoms with Crippen LogP contribution in [0.3, 0.4) is 0 Å². The Kier molecular flexibility index (Phi) is 3.02. The van der Waals surface area contributed by atoms with Crippen LogP contribution in [0, 0.1) is 0 Å². The van der Waals surface area contributed by atoms with Gasteiger partial charge in [-0.05, 0) is 34.1 Å². The zero-order valence-corrected chi connectivity index (χ0v) is 10.5. The first-order valence-electron chi connectivity index (χ1n) is 4.42. The summed E-state index contributed by atoms with van der Waals surface area (Å²) >= 11 is 4.96. The van der Waals surface area contributed by atoms with E-state index < -0.39 is 0 Å². The van der Waals surface area contributed by atoms with Crippen molar-refractivity contribution in [1.29, 1.82) is 0 Å². The minimum atomic E-state index is 0.101. The van der Waals surface area contributed by atoms with E-state index >= 15 is 0 Å². The number of aromatic nitrogens is 2. The fourth-order valence-electron chi connectivity index (χ4n) is 1.34. The van der Waals surface area contributed by atoms with E-state index in [4.69, 9.17) is 0 Å². The second kappa shape index (κ2) is 4.28. The lowest BCUT2D eigenvalue weighted by Gasteiger charge is -1.98. The number of hydrogen-bond acceptors (Lipinski definition) is 3. The maximum Gasteiger partial charge on any atom is 0.186 e. The number of hydrogen-bond donors (Lipinski definition) is 0. The standard InChI is InChI=1S/C10H9BrN2OS/c1-13-8(4-5-12-13)9(14)6-7-2-3-10(11)15-7/h2-5H,6H2,1H3. The van der Waals surface area contributed by atoms with Crippen LogP contribution in [0.15, 0.2) is 28.2 Å². The van der Waals surface area contributed by atoms with Crippen molar-refractivity contribution in [2.75, 3.05) is 0 Å². The smallest absolute Gasteiger partial charge is 0.186 e. The molecule has 0 aliphatic carbocycles. The van der Waals surface area contributed by atoms with E-state index in [0.717, 1.165) is 8.66 Å². The van der Waals surface area contributed by atoms with Gasteiger partial charge in [0.25, 0.3) is 0 Å². The zero-order chi connectivity index (χ0) is 10.8. The van der Waals surface area contributed by atoms with E-state index in [1.165, 1.54) is 0 Å². The summed E-state index contributed by atoms with van der Waals surface area (Å²) in [6, 6.07) is 5.66. The summed E-state index contributed by atoms with van der Waals surface area (Å²) < 4.78 is 2.65. The topological polar surface area (TPSA) is 34.9 Å². The van der Waals surface area contributed by atoms with Crippen molar-refractivity contribution < 1.29 is 4.79 Å². The summed E-state index contributed by atoms with van der Waals surface area (Å²) in [4.78, 5) is 12.9. The van der Waals surface area contributed by atoms with Crippen LogP contribution < -0.4 is 0 Å². The SMILES string of the molecule is Cn1nccc1C(=O)Cc1ccc(Br)s1. The molecular formula is C10H9BrN2OS. The van der Waals surface area contributed by atoms with Crippen LogP contribution in [0.2, 0.25) is 0 Å². The van der Waals surface area contributed by atoms with Gasteiger partial charge < -0.3 is 0 Å². The number of ketones is 1. The van der Waals surface area contributed by atoms with Gasteiger partial charge in [0.2, 0.25) is 0 Å². The number of halogens is 1. The van der Waals surface area contributed by atoms with Gasteiger partial charge in [-0.1, -0.05) is 0 Å². The van der Waals surface area contributed by atoms with Crippen LogP contribution >= 0.6 is 27.3 Å². The van der Waals surface area contributed by atoms with Gasteiger partial charge in [0.1, 0.15) is 5.69 Å². The van der Waals surface area contributed by atoms with Crippen molar-refractivity contribution in [3.63, 3.8) is 0 Å². The summed E-state index contributed by atoms with van der Waals surface area (Å²) in [5.41, 5.74) is 0.652. The highest BCUT2D eigenvalue weighted by Gasteiger charge is 2.11. The number of carbonyl (C=O) groups excluding carboxylic acids is 1. The highest BCUT2D eigenvalue weighted by Crippen LogP contribution is 2.23. The van der Waals surface area contributed by atoms with Crippen LogP contribution in [-0.4, -0.2) is 15.6 Å². The Morgan fingerprint density at radius 3 is 2.87 bits per heavy atom. The third-order valence-electron chi connectivity index (χ3n) is 2.07. The largest absolute Gasteiger partial charge is 0.292 e. The molecule has 15 heavy (non-hydrogen) atoms. The minimum Gasteiger partial charge on any atom is -0.292 e. The summed E-state index contributed by atoms with van der Waals surface area (Å²) in [6.07, 6.45) is 2.08. The fourth-order valence-corrected chi connectivity index (χ4v) is 2.82. The summed E-state index contributed by atoms with van der Waals surface area (Å²) in [6.45, 7) is 0. The van der Waals surface area contributed by atoms with E-state index in [0.29, 0.717) is 12.1 Å². The van der Waals surface area contributed by atoms with Crippen LogP contribution in [0.1, 0.15) is 15.4 Å². The Balaban J connectivity index is 2.14. The van der Waals surface area contributed by atoms with Gasteiger partial charge in [0.15, 0.2) is 5.78 Å².